The molecule has 0 spiro atoms. The van der Waals surface area contributed by atoms with Crippen molar-refractivity contribution in [2.24, 2.45) is 22.7 Å². The molecule has 3 atom stereocenters. The predicted molar refractivity (Wildman–Crippen MR) is 129 cm³/mol. The van der Waals surface area contributed by atoms with E-state index in [1.54, 1.807) is 7.11 Å². The van der Waals surface area contributed by atoms with Crippen molar-refractivity contribution in [3.63, 3.8) is 0 Å². The first-order valence-electron chi connectivity index (χ1n) is 11.4. The van der Waals surface area contributed by atoms with E-state index >= 15 is 0 Å². The Morgan fingerprint density at radius 2 is 1.62 bits per heavy atom. The molecule has 0 aromatic carbocycles. The minimum absolute atomic E-state index is 0.0107. The molecule has 0 aliphatic rings. The van der Waals surface area contributed by atoms with Gasteiger partial charge < -0.3 is 9.47 Å². The first kappa shape index (κ1) is 27.6. The molecule has 3 heteroatoms. The number of rotatable bonds is 14. The molecule has 0 aliphatic heterocycles. The van der Waals surface area contributed by atoms with E-state index in [-0.39, 0.29) is 18.1 Å². The highest BCUT2D eigenvalue weighted by Gasteiger charge is 2.26. The van der Waals surface area contributed by atoms with Crippen LogP contribution in [0.5, 0.6) is 0 Å². The average molecular weight is 406 g/mol. The summed E-state index contributed by atoms with van der Waals surface area (Å²) < 4.78 is 12.1. The molecule has 0 heterocycles. The average Bonchev–Trinajstić information content (AvgIpc) is 2.70. The molecule has 0 rings (SSSR count). The summed E-state index contributed by atoms with van der Waals surface area (Å²) in [4.78, 5) is 4.97. The van der Waals surface area contributed by atoms with Crippen LogP contribution in [0.15, 0.2) is 40.6 Å². The van der Waals surface area contributed by atoms with Crippen LogP contribution in [0.3, 0.4) is 0 Å². The van der Waals surface area contributed by atoms with E-state index in [9.17, 15) is 0 Å². The van der Waals surface area contributed by atoms with Gasteiger partial charge in [-0.2, -0.15) is 0 Å². The summed E-state index contributed by atoms with van der Waals surface area (Å²) in [6.45, 7) is 24.4. The van der Waals surface area contributed by atoms with Crippen LogP contribution in [-0.4, -0.2) is 31.6 Å². The van der Waals surface area contributed by atoms with E-state index in [0.717, 1.165) is 30.7 Å². The zero-order valence-electron chi connectivity index (χ0n) is 20.8. The molecule has 0 amide bonds. The topological polar surface area (TPSA) is 30.8 Å². The van der Waals surface area contributed by atoms with Crippen LogP contribution in [0.4, 0.5) is 0 Å². The van der Waals surface area contributed by atoms with Crippen LogP contribution in [0.25, 0.3) is 0 Å². The molecule has 0 saturated heterocycles. The first-order chi connectivity index (χ1) is 13.7. The first-order valence-corrected chi connectivity index (χ1v) is 11.4. The van der Waals surface area contributed by atoms with Crippen LogP contribution in [-0.2, 0) is 9.47 Å². The van der Waals surface area contributed by atoms with Gasteiger partial charge in [0.15, 0.2) is 0 Å². The van der Waals surface area contributed by atoms with Gasteiger partial charge in [0.25, 0.3) is 0 Å². The number of nitrogens with zero attached hydrogens (tertiary/aromatic N) is 1. The fourth-order valence-electron chi connectivity index (χ4n) is 3.47. The number of hydrogen-bond donors (Lipinski definition) is 0. The van der Waals surface area contributed by atoms with Gasteiger partial charge in [0.2, 0.25) is 0 Å². The van der Waals surface area contributed by atoms with E-state index in [0.29, 0.717) is 18.4 Å². The zero-order valence-corrected chi connectivity index (χ0v) is 20.8. The summed E-state index contributed by atoms with van der Waals surface area (Å²) in [7, 11) is 1.74. The van der Waals surface area contributed by atoms with Gasteiger partial charge in [-0.3, -0.25) is 4.99 Å². The molecule has 0 radical (unpaired) electrons. The number of ether oxygens (including phenoxy) is 2. The smallest absolute Gasteiger partial charge is 0.0966 e. The second-order valence-electron chi connectivity index (χ2n) is 8.53. The molecule has 0 aromatic rings. The summed E-state index contributed by atoms with van der Waals surface area (Å²) in [5.41, 5.74) is 4.05. The van der Waals surface area contributed by atoms with Crippen LogP contribution in [0, 0.1) is 17.8 Å². The summed E-state index contributed by atoms with van der Waals surface area (Å²) in [6.07, 6.45) is 7.17. The van der Waals surface area contributed by atoms with Crippen molar-refractivity contribution in [3.8, 4) is 0 Å². The minimum atomic E-state index is 0.0107. The fraction of sp³-hybridized carbons (Fsp3) is 0.731. The highest BCUT2D eigenvalue weighted by molar-refractivity contribution is 5.81. The maximum atomic E-state index is 6.52. The lowest BCUT2D eigenvalue weighted by molar-refractivity contribution is 0.0321. The lowest BCUT2D eigenvalue weighted by atomic mass is 9.86. The summed E-state index contributed by atoms with van der Waals surface area (Å²) in [5.74, 6) is 1.89. The molecule has 3 unspecified atom stereocenters. The van der Waals surface area contributed by atoms with Gasteiger partial charge in [0, 0.05) is 17.5 Å². The highest BCUT2D eigenvalue weighted by Crippen LogP contribution is 2.28. The molecule has 0 aliphatic carbocycles. The molecule has 0 bridgehead atoms. The van der Waals surface area contributed by atoms with Gasteiger partial charge in [0.05, 0.1) is 31.6 Å². The summed E-state index contributed by atoms with van der Waals surface area (Å²) >= 11 is 0. The monoisotopic (exact) mass is 405 g/mol. The van der Waals surface area contributed by atoms with Gasteiger partial charge in [-0.05, 0) is 45.1 Å². The quantitative estimate of drug-likeness (QED) is 0.171. The Morgan fingerprint density at radius 3 is 2.00 bits per heavy atom. The molecule has 3 nitrogen and oxygen atoms in total. The third-order valence-electron chi connectivity index (χ3n) is 5.70. The van der Waals surface area contributed by atoms with E-state index in [4.69, 9.17) is 14.5 Å². The standard InChI is InChI=1S/C26H47NO2/c1-12-20(9)22(14-3)23(24(15-4)27-21(10)13-2)17-29-26(19(7)8)16-25(28-11)18(5)6/h15-16,18-19,23-24,26H,4,12-14,17H2,1-3,5-11H3/b22-20+,25-16-,27-21+. The van der Waals surface area contributed by atoms with Gasteiger partial charge in [-0.15, -0.1) is 6.58 Å². The highest BCUT2D eigenvalue weighted by atomic mass is 16.5. The van der Waals surface area contributed by atoms with Crippen molar-refractivity contribution in [1.29, 1.82) is 0 Å². The SMILES string of the molecule is C=CC(/N=C(\C)CC)C(COC(/C=C(\OC)C(C)C)C(C)C)/C(CC)=C(\C)CC. The predicted octanol–water partition coefficient (Wildman–Crippen LogP) is 7.39. The van der Waals surface area contributed by atoms with Crippen LogP contribution in [0.2, 0.25) is 0 Å². The maximum absolute atomic E-state index is 6.52. The van der Waals surface area contributed by atoms with Crippen LogP contribution in [0.1, 0.15) is 81.6 Å². The number of methoxy groups -OCH3 is 1. The van der Waals surface area contributed by atoms with Crippen molar-refractivity contribution >= 4 is 5.71 Å². The molecule has 0 fully saturated rings. The van der Waals surface area contributed by atoms with E-state index in [1.807, 2.05) is 6.08 Å². The molecular weight excluding hydrogens is 358 g/mol. The van der Waals surface area contributed by atoms with Gasteiger partial charge in [0.1, 0.15) is 0 Å². The maximum Gasteiger partial charge on any atom is 0.0966 e. The molecule has 0 aromatic heterocycles. The Kier molecular flexibility index (Phi) is 13.9. The molecule has 29 heavy (non-hydrogen) atoms. The van der Waals surface area contributed by atoms with E-state index < -0.39 is 0 Å². The lowest BCUT2D eigenvalue weighted by Crippen LogP contribution is -2.30. The Labute approximate surface area is 181 Å². The Hall–Kier alpha value is -1.35. The number of allylic oxidation sites excluding steroid dienone is 2. The van der Waals surface area contributed by atoms with E-state index in [1.165, 1.54) is 11.1 Å². The minimum Gasteiger partial charge on any atom is -0.501 e. The molecule has 0 saturated carbocycles. The Bertz CT molecular complexity index is 569. The number of hydrogen-bond acceptors (Lipinski definition) is 3. The summed E-state index contributed by atoms with van der Waals surface area (Å²) in [5, 5.41) is 0. The van der Waals surface area contributed by atoms with Gasteiger partial charge in [-0.25, -0.2) is 0 Å². The number of aliphatic imine (C=N–C) groups is 1. The molecule has 0 N–H and O–H groups in total. The Morgan fingerprint density at radius 1 is 1.00 bits per heavy atom. The normalized spacial score (nSPS) is 17.2. The fourth-order valence-corrected chi connectivity index (χ4v) is 3.47. The van der Waals surface area contributed by atoms with E-state index in [2.05, 4.69) is 75.0 Å². The van der Waals surface area contributed by atoms with Gasteiger partial charge >= 0.3 is 0 Å². The Balaban J connectivity index is 5.94. The van der Waals surface area contributed by atoms with Crippen molar-refractivity contribution in [2.45, 2.75) is 93.7 Å². The molecule has 168 valence electrons. The van der Waals surface area contributed by atoms with Crippen molar-refractivity contribution in [1.82, 2.24) is 0 Å². The van der Waals surface area contributed by atoms with Crippen LogP contribution >= 0.6 is 0 Å². The second kappa shape index (κ2) is 14.6. The van der Waals surface area contributed by atoms with Gasteiger partial charge in [-0.1, -0.05) is 65.7 Å². The van der Waals surface area contributed by atoms with Crippen LogP contribution < -0.4 is 0 Å². The van der Waals surface area contributed by atoms with Crippen molar-refractivity contribution in [3.05, 3.63) is 35.6 Å². The third-order valence-corrected chi connectivity index (χ3v) is 5.70. The second-order valence-corrected chi connectivity index (χ2v) is 8.53. The lowest BCUT2D eigenvalue weighted by Gasteiger charge is -2.29. The van der Waals surface area contributed by atoms with Crippen molar-refractivity contribution in [2.75, 3.05) is 13.7 Å². The zero-order chi connectivity index (χ0) is 22.6. The third kappa shape index (κ3) is 9.33. The van der Waals surface area contributed by atoms with Crippen molar-refractivity contribution < 1.29 is 9.47 Å². The molecular formula is C26H47NO2. The summed E-state index contributed by atoms with van der Waals surface area (Å²) in [6, 6.07) is 0.0372. The largest absolute Gasteiger partial charge is 0.501 e.